The van der Waals surface area contributed by atoms with Crippen molar-refractivity contribution in [1.29, 1.82) is 0 Å². The van der Waals surface area contributed by atoms with Gasteiger partial charge in [0.2, 0.25) is 0 Å². The van der Waals surface area contributed by atoms with E-state index in [-0.39, 0.29) is 11.8 Å². The summed E-state index contributed by atoms with van der Waals surface area (Å²) in [6, 6.07) is 6.03. The highest BCUT2D eigenvalue weighted by Crippen LogP contribution is 2.34. The maximum absolute atomic E-state index is 13.3. The highest BCUT2D eigenvalue weighted by molar-refractivity contribution is 9.10. The van der Waals surface area contributed by atoms with Gasteiger partial charge >= 0.3 is 0 Å². The highest BCUT2D eigenvalue weighted by atomic mass is 79.9. The Morgan fingerprint density at radius 2 is 2.12 bits per heavy atom. The Labute approximate surface area is 160 Å². The van der Waals surface area contributed by atoms with Gasteiger partial charge in [0.15, 0.2) is 0 Å². The van der Waals surface area contributed by atoms with Gasteiger partial charge in [-0.05, 0) is 55.0 Å². The minimum atomic E-state index is -0.0262. The lowest BCUT2D eigenvalue weighted by atomic mass is 9.97. The second-order valence-electron chi connectivity index (χ2n) is 7.09. The maximum atomic E-state index is 13.3. The molecule has 26 heavy (non-hydrogen) atoms. The molecular weight excluding hydrogens is 394 g/mol. The van der Waals surface area contributed by atoms with Crippen LogP contribution in [0.2, 0.25) is 0 Å². The number of aryl methyl sites for hydroxylation is 2. The third kappa shape index (κ3) is 2.82. The number of rotatable bonds is 2. The molecule has 5 nitrogen and oxygen atoms in total. The summed E-state index contributed by atoms with van der Waals surface area (Å²) in [6.45, 7) is 6.86. The number of hydrogen-bond acceptors (Lipinski definition) is 4. The van der Waals surface area contributed by atoms with Gasteiger partial charge in [0.1, 0.15) is 0 Å². The zero-order valence-electron chi connectivity index (χ0n) is 15.0. The van der Waals surface area contributed by atoms with Crippen molar-refractivity contribution in [2.75, 3.05) is 11.4 Å². The van der Waals surface area contributed by atoms with E-state index in [0.717, 1.165) is 39.6 Å². The Bertz CT molecular complexity index is 1010. The molecule has 0 radical (unpaired) electrons. The summed E-state index contributed by atoms with van der Waals surface area (Å²) in [4.78, 5) is 19.5. The molecule has 4 rings (SSSR count). The number of hydrogen-bond donors (Lipinski definition) is 0. The number of carbonyl (C=O) groups excluding carboxylic acids is 1. The lowest BCUT2D eigenvalue weighted by Gasteiger charge is -2.31. The molecule has 0 saturated heterocycles. The molecule has 0 atom stereocenters. The molecule has 0 aliphatic carbocycles. The molecule has 134 valence electrons. The summed E-state index contributed by atoms with van der Waals surface area (Å²) in [6.07, 6.45) is 3.52. The zero-order chi connectivity index (χ0) is 18.4. The van der Waals surface area contributed by atoms with Crippen molar-refractivity contribution >= 4 is 38.6 Å². The summed E-state index contributed by atoms with van der Waals surface area (Å²) < 4.78 is 6.34. The van der Waals surface area contributed by atoms with E-state index in [9.17, 15) is 4.79 Å². The number of amides is 1. The number of pyridine rings is 1. The van der Waals surface area contributed by atoms with Crippen molar-refractivity contribution in [2.45, 2.75) is 39.5 Å². The SMILES string of the molecule is Cc1cc(Br)cc2c1N(C(=O)c1cnc3onc(C(C)C)c3c1)CCC2. The van der Waals surface area contributed by atoms with Crippen LogP contribution in [0.4, 0.5) is 5.69 Å². The van der Waals surface area contributed by atoms with Crippen LogP contribution in [0.3, 0.4) is 0 Å². The van der Waals surface area contributed by atoms with Gasteiger partial charge in [-0.2, -0.15) is 0 Å². The average Bonchev–Trinajstić information content (AvgIpc) is 3.03. The fourth-order valence-corrected chi connectivity index (χ4v) is 4.28. The molecule has 0 saturated carbocycles. The fraction of sp³-hybridized carbons (Fsp3) is 0.350. The molecule has 0 fully saturated rings. The van der Waals surface area contributed by atoms with Gasteiger partial charge in [-0.15, -0.1) is 0 Å². The van der Waals surface area contributed by atoms with Gasteiger partial charge in [0.25, 0.3) is 11.6 Å². The van der Waals surface area contributed by atoms with E-state index in [1.165, 1.54) is 5.56 Å². The molecule has 0 N–H and O–H groups in total. The van der Waals surface area contributed by atoms with Crippen LogP contribution in [0.15, 0.2) is 33.4 Å². The van der Waals surface area contributed by atoms with Gasteiger partial charge in [-0.3, -0.25) is 4.79 Å². The Hall–Kier alpha value is -2.21. The van der Waals surface area contributed by atoms with Crippen LogP contribution in [0, 0.1) is 6.92 Å². The minimum absolute atomic E-state index is 0.0262. The Kier molecular flexibility index (Phi) is 4.31. The molecule has 1 aliphatic rings. The van der Waals surface area contributed by atoms with Crippen LogP contribution in [-0.4, -0.2) is 22.6 Å². The predicted molar refractivity (Wildman–Crippen MR) is 105 cm³/mol. The molecular formula is C20H20BrN3O2. The first-order valence-corrected chi connectivity index (χ1v) is 9.61. The van der Waals surface area contributed by atoms with Crippen molar-refractivity contribution < 1.29 is 9.32 Å². The first-order chi connectivity index (χ1) is 12.5. The molecule has 2 aromatic heterocycles. The van der Waals surface area contributed by atoms with Gasteiger partial charge < -0.3 is 9.42 Å². The maximum Gasteiger partial charge on any atom is 0.259 e. The molecule has 0 unspecified atom stereocenters. The van der Waals surface area contributed by atoms with Crippen molar-refractivity contribution in [2.24, 2.45) is 0 Å². The minimum Gasteiger partial charge on any atom is -0.336 e. The van der Waals surface area contributed by atoms with E-state index >= 15 is 0 Å². The summed E-state index contributed by atoms with van der Waals surface area (Å²) >= 11 is 3.56. The Morgan fingerprint density at radius 3 is 2.88 bits per heavy atom. The molecule has 6 heteroatoms. The molecule has 1 amide bonds. The summed E-state index contributed by atoms with van der Waals surface area (Å²) in [5.74, 6) is 0.181. The highest BCUT2D eigenvalue weighted by Gasteiger charge is 2.26. The fourth-order valence-electron chi connectivity index (χ4n) is 3.66. The molecule has 0 bridgehead atoms. The number of benzene rings is 1. The third-order valence-corrected chi connectivity index (χ3v) is 5.30. The van der Waals surface area contributed by atoms with Gasteiger partial charge in [0, 0.05) is 17.2 Å². The number of halogens is 1. The van der Waals surface area contributed by atoms with E-state index in [1.54, 1.807) is 6.20 Å². The largest absolute Gasteiger partial charge is 0.336 e. The van der Waals surface area contributed by atoms with Crippen molar-refractivity contribution in [3.8, 4) is 0 Å². The van der Waals surface area contributed by atoms with E-state index in [4.69, 9.17) is 4.52 Å². The normalized spacial score (nSPS) is 14.1. The first-order valence-electron chi connectivity index (χ1n) is 8.82. The summed E-state index contributed by atoms with van der Waals surface area (Å²) in [5, 5.41) is 4.92. The summed E-state index contributed by atoms with van der Waals surface area (Å²) in [7, 11) is 0. The Balaban J connectivity index is 1.78. The van der Waals surface area contributed by atoms with Crippen LogP contribution in [0.1, 0.15) is 53.4 Å². The second-order valence-corrected chi connectivity index (χ2v) is 8.01. The number of nitrogens with zero attached hydrogens (tertiary/aromatic N) is 3. The number of carbonyl (C=O) groups is 1. The quantitative estimate of drug-likeness (QED) is 0.592. The van der Waals surface area contributed by atoms with E-state index in [1.807, 2.05) is 31.7 Å². The zero-order valence-corrected chi connectivity index (χ0v) is 16.6. The Morgan fingerprint density at radius 1 is 1.31 bits per heavy atom. The van der Waals surface area contributed by atoms with Crippen LogP contribution in [-0.2, 0) is 6.42 Å². The standard InChI is InChI=1S/C20H20BrN3O2/c1-11(2)17-16-9-14(10-22-19(16)26-23-17)20(25)24-6-4-5-13-8-15(21)7-12(3)18(13)24/h7-11H,4-6H2,1-3H3. The van der Waals surface area contributed by atoms with Crippen LogP contribution < -0.4 is 4.90 Å². The van der Waals surface area contributed by atoms with Crippen LogP contribution in [0.25, 0.3) is 11.1 Å². The number of fused-ring (bicyclic) bond motifs is 2. The molecule has 0 spiro atoms. The van der Waals surface area contributed by atoms with Crippen molar-refractivity contribution in [3.05, 3.63) is 51.3 Å². The van der Waals surface area contributed by atoms with E-state index < -0.39 is 0 Å². The third-order valence-electron chi connectivity index (χ3n) is 4.84. The topological polar surface area (TPSA) is 59.2 Å². The monoisotopic (exact) mass is 413 g/mol. The van der Waals surface area contributed by atoms with Gasteiger partial charge in [0.05, 0.1) is 22.3 Å². The summed E-state index contributed by atoms with van der Waals surface area (Å²) in [5.41, 5.74) is 5.21. The first kappa shape index (κ1) is 17.2. The van der Waals surface area contributed by atoms with Gasteiger partial charge in [-0.1, -0.05) is 34.9 Å². The lowest BCUT2D eigenvalue weighted by Crippen LogP contribution is -2.36. The lowest BCUT2D eigenvalue weighted by molar-refractivity contribution is 0.0984. The van der Waals surface area contributed by atoms with Crippen LogP contribution in [0.5, 0.6) is 0 Å². The second kappa shape index (κ2) is 6.50. The van der Waals surface area contributed by atoms with Crippen molar-refractivity contribution in [1.82, 2.24) is 10.1 Å². The van der Waals surface area contributed by atoms with E-state index in [0.29, 0.717) is 17.8 Å². The number of anilines is 1. The predicted octanol–water partition coefficient (Wildman–Crippen LogP) is 5.01. The average molecular weight is 414 g/mol. The molecule has 3 aromatic rings. The van der Waals surface area contributed by atoms with Crippen LogP contribution >= 0.6 is 15.9 Å². The molecule has 3 heterocycles. The van der Waals surface area contributed by atoms with Crippen molar-refractivity contribution in [3.63, 3.8) is 0 Å². The smallest absolute Gasteiger partial charge is 0.259 e. The molecule has 1 aliphatic heterocycles. The molecule has 1 aromatic carbocycles. The number of aromatic nitrogens is 2. The van der Waals surface area contributed by atoms with E-state index in [2.05, 4.69) is 38.2 Å². The van der Waals surface area contributed by atoms with Gasteiger partial charge in [-0.25, -0.2) is 4.98 Å².